The van der Waals surface area contributed by atoms with Crippen molar-refractivity contribution in [3.63, 3.8) is 0 Å². The van der Waals surface area contributed by atoms with Gasteiger partial charge in [0.05, 0.1) is 0 Å². The van der Waals surface area contributed by atoms with E-state index in [4.69, 9.17) is 21.9 Å². The van der Waals surface area contributed by atoms with Crippen molar-refractivity contribution in [2.75, 3.05) is 0 Å². The van der Waals surface area contributed by atoms with Crippen molar-refractivity contribution in [3.8, 4) is 17.1 Å². The van der Waals surface area contributed by atoms with Crippen LogP contribution in [0.2, 0.25) is 5.02 Å². The van der Waals surface area contributed by atoms with E-state index in [0.29, 0.717) is 22.0 Å². The van der Waals surface area contributed by atoms with Crippen LogP contribution in [-0.4, -0.2) is 15.2 Å². The summed E-state index contributed by atoms with van der Waals surface area (Å²) in [4.78, 5) is 4.27. The Morgan fingerprint density at radius 1 is 1.14 bits per heavy atom. The average molecular weight is 302 g/mol. The monoisotopic (exact) mass is 301 g/mol. The molecule has 0 bridgehead atoms. The predicted molar refractivity (Wildman–Crippen MR) is 78.9 cm³/mol. The molecule has 2 aromatic carbocycles. The molecule has 3 aromatic rings. The van der Waals surface area contributed by atoms with Crippen LogP contribution in [0.15, 0.2) is 53.1 Å². The Morgan fingerprint density at radius 2 is 1.95 bits per heavy atom. The number of nitrogens with zero attached hydrogens (tertiary/aromatic N) is 2. The number of phenolic OH excluding ortho intramolecular Hbond substituents is 1. The summed E-state index contributed by atoms with van der Waals surface area (Å²) < 4.78 is 5.20. The molecule has 1 atom stereocenters. The summed E-state index contributed by atoms with van der Waals surface area (Å²) in [5.41, 5.74) is 7.47. The van der Waals surface area contributed by atoms with Crippen LogP contribution in [0.3, 0.4) is 0 Å². The zero-order valence-corrected chi connectivity index (χ0v) is 11.7. The molecule has 0 aliphatic rings. The predicted octanol–water partition coefficient (Wildman–Crippen LogP) is 3.14. The minimum absolute atomic E-state index is 0.134. The molecule has 3 rings (SSSR count). The number of phenols is 1. The van der Waals surface area contributed by atoms with Gasteiger partial charge in [-0.2, -0.15) is 4.98 Å². The van der Waals surface area contributed by atoms with E-state index in [0.717, 1.165) is 0 Å². The highest BCUT2D eigenvalue weighted by molar-refractivity contribution is 6.31. The summed E-state index contributed by atoms with van der Waals surface area (Å²) in [5.74, 6) is 0.763. The Hall–Kier alpha value is -2.37. The third kappa shape index (κ3) is 2.74. The van der Waals surface area contributed by atoms with Gasteiger partial charge in [0.15, 0.2) is 0 Å². The molecule has 0 aliphatic heterocycles. The standard InChI is InChI=1S/C15H12ClN3O2/c16-12-7-2-1-6-11(12)13(17)15-18-14(19-21-15)9-4-3-5-10(20)8-9/h1-8,13,20H,17H2/t13-/m1/s1. The first-order valence-electron chi connectivity index (χ1n) is 6.28. The van der Waals surface area contributed by atoms with Crippen molar-refractivity contribution in [2.45, 2.75) is 6.04 Å². The maximum atomic E-state index is 9.48. The minimum atomic E-state index is -0.600. The van der Waals surface area contributed by atoms with Crippen LogP contribution in [0, 0.1) is 0 Å². The molecular formula is C15H12ClN3O2. The van der Waals surface area contributed by atoms with E-state index in [1.807, 2.05) is 18.2 Å². The van der Waals surface area contributed by atoms with Crippen molar-refractivity contribution in [2.24, 2.45) is 5.73 Å². The SMILES string of the molecule is N[C@@H](c1nc(-c2cccc(O)c2)no1)c1ccccc1Cl. The van der Waals surface area contributed by atoms with Crippen LogP contribution in [0.4, 0.5) is 0 Å². The molecule has 0 aliphatic carbocycles. The largest absolute Gasteiger partial charge is 0.508 e. The summed E-state index contributed by atoms with van der Waals surface area (Å²) in [5, 5.41) is 13.9. The van der Waals surface area contributed by atoms with Gasteiger partial charge in [-0.3, -0.25) is 0 Å². The third-order valence-electron chi connectivity index (χ3n) is 3.05. The smallest absolute Gasteiger partial charge is 0.248 e. The summed E-state index contributed by atoms with van der Waals surface area (Å²) in [6, 6.07) is 13.2. The van der Waals surface area contributed by atoms with Gasteiger partial charge in [0.25, 0.3) is 0 Å². The molecule has 106 valence electrons. The fourth-order valence-corrected chi connectivity index (χ4v) is 2.24. The second-order valence-electron chi connectivity index (χ2n) is 4.51. The zero-order valence-electron chi connectivity index (χ0n) is 10.9. The van der Waals surface area contributed by atoms with Crippen molar-refractivity contribution in [3.05, 3.63) is 65.0 Å². The lowest BCUT2D eigenvalue weighted by Crippen LogP contribution is -2.12. The number of halogens is 1. The van der Waals surface area contributed by atoms with Crippen LogP contribution >= 0.6 is 11.6 Å². The number of rotatable bonds is 3. The van der Waals surface area contributed by atoms with Crippen LogP contribution in [-0.2, 0) is 0 Å². The highest BCUT2D eigenvalue weighted by Crippen LogP contribution is 2.27. The van der Waals surface area contributed by atoms with E-state index in [1.54, 1.807) is 30.3 Å². The number of aromatic hydroxyl groups is 1. The Bertz CT molecular complexity index is 773. The lowest BCUT2D eigenvalue weighted by Gasteiger charge is -2.08. The van der Waals surface area contributed by atoms with E-state index < -0.39 is 6.04 Å². The summed E-state index contributed by atoms with van der Waals surface area (Å²) in [7, 11) is 0. The van der Waals surface area contributed by atoms with E-state index in [2.05, 4.69) is 10.1 Å². The summed E-state index contributed by atoms with van der Waals surface area (Å²) in [6.45, 7) is 0. The topological polar surface area (TPSA) is 85.2 Å². The van der Waals surface area contributed by atoms with Crippen LogP contribution in [0.1, 0.15) is 17.5 Å². The van der Waals surface area contributed by atoms with Crippen LogP contribution in [0.25, 0.3) is 11.4 Å². The first-order valence-corrected chi connectivity index (χ1v) is 6.66. The minimum Gasteiger partial charge on any atom is -0.508 e. The first kappa shape index (κ1) is 13.6. The lowest BCUT2D eigenvalue weighted by atomic mass is 10.1. The zero-order chi connectivity index (χ0) is 14.8. The molecule has 0 saturated carbocycles. The van der Waals surface area contributed by atoms with E-state index >= 15 is 0 Å². The van der Waals surface area contributed by atoms with Gasteiger partial charge in [0.1, 0.15) is 11.8 Å². The summed E-state index contributed by atoms with van der Waals surface area (Å²) >= 11 is 6.11. The number of aromatic nitrogens is 2. The molecule has 6 heteroatoms. The molecule has 0 spiro atoms. The molecule has 1 heterocycles. The van der Waals surface area contributed by atoms with E-state index in [-0.39, 0.29) is 11.6 Å². The quantitative estimate of drug-likeness (QED) is 0.776. The second-order valence-corrected chi connectivity index (χ2v) is 4.91. The van der Waals surface area contributed by atoms with Gasteiger partial charge in [-0.25, -0.2) is 0 Å². The maximum absolute atomic E-state index is 9.48. The molecule has 0 fully saturated rings. The maximum Gasteiger partial charge on any atom is 0.248 e. The van der Waals surface area contributed by atoms with Crippen LogP contribution in [0.5, 0.6) is 5.75 Å². The van der Waals surface area contributed by atoms with Crippen molar-refractivity contribution in [1.29, 1.82) is 0 Å². The number of benzene rings is 2. The van der Waals surface area contributed by atoms with Gasteiger partial charge in [-0.05, 0) is 23.8 Å². The Kier molecular flexibility index (Phi) is 3.60. The van der Waals surface area contributed by atoms with Gasteiger partial charge < -0.3 is 15.4 Å². The van der Waals surface area contributed by atoms with Gasteiger partial charge in [-0.1, -0.05) is 47.1 Å². The molecule has 0 amide bonds. The molecule has 3 N–H and O–H groups in total. The fraction of sp³-hybridized carbons (Fsp3) is 0.0667. The lowest BCUT2D eigenvalue weighted by molar-refractivity contribution is 0.367. The summed E-state index contributed by atoms with van der Waals surface area (Å²) in [6.07, 6.45) is 0. The van der Waals surface area contributed by atoms with E-state index in [9.17, 15) is 5.11 Å². The van der Waals surface area contributed by atoms with Crippen molar-refractivity contribution < 1.29 is 9.63 Å². The average Bonchev–Trinajstić information content (AvgIpc) is 2.97. The number of hydrogen-bond acceptors (Lipinski definition) is 5. The molecule has 0 unspecified atom stereocenters. The molecule has 0 saturated heterocycles. The highest BCUT2D eigenvalue weighted by Gasteiger charge is 2.19. The molecule has 21 heavy (non-hydrogen) atoms. The fourth-order valence-electron chi connectivity index (χ4n) is 1.98. The molecule has 5 nitrogen and oxygen atoms in total. The number of hydrogen-bond donors (Lipinski definition) is 2. The van der Waals surface area contributed by atoms with Gasteiger partial charge >= 0.3 is 0 Å². The highest BCUT2D eigenvalue weighted by atomic mass is 35.5. The van der Waals surface area contributed by atoms with Gasteiger partial charge in [0.2, 0.25) is 11.7 Å². The first-order chi connectivity index (χ1) is 10.1. The molecule has 0 radical (unpaired) electrons. The molecular weight excluding hydrogens is 290 g/mol. The van der Waals surface area contributed by atoms with Gasteiger partial charge in [0, 0.05) is 10.6 Å². The van der Waals surface area contributed by atoms with Gasteiger partial charge in [-0.15, -0.1) is 0 Å². The third-order valence-corrected chi connectivity index (χ3v) is 3.40. The van der Waals surface area contributed by atoms with Crippen molar-refractivity contribution in [1.82, 2.24) is 10.1 Å². The molecule has 1 aromatic heterocycles. The number of nitrogens with two attached hydrogens (primary N) is 1. The Labute approximate surface area is 126 Å². The normalized spacial score (nSPS) is 12.3. The van der Waals surface area contributed by atoms with Crippen molar-refractivity contribution >= 4 is 11.6 Å². The van der Waals surface area contributed by atoms with Crippen LogP contribution < -0.4 is 5.73 Å². The van der Waals surface area contributed by atoms with E-state index in [1.165, 1.54) is 0 Å². The Balaban J connectivity index is 1.93. The Morgan fingerprint density at radius 3 is 2.71 bits per heavy atom. The second kappa shape index (κ2) is 5.55.